The van der Waals surface area contributed by atoms with Crippen molar-refractivity contribution >= 4 is 33.5 Å². The van der Waals surface area contributed by atoms with Crippen molar-refractivity contribution in [2.45, 2.75) is 31.6 Å². The van der Waals surface area contributed by atoms with E-state index in [4.69, 9.17) is 16.1 Å². The van der Waals surface area contributed by atoms with Crippen LogP contribution in [0.15, 0.2) is 27.2 Å². The molecule has 1 aromatic carbocycles. The van der Waals surface area contributed by atoms with E-state index in [1.807, 2.05) is 0 Å². The zero-order valence-electron chi connectivity index (χ0n) is 11.1. The SMILES string of the molecule is O=C(O)c1c(-c2ccc(Br)c(Cl)c2)noc1C1CCCC1. The molecule has 110 valence electrons. The van der Waals surface area contributed by atoms with Crippen molar-refractivity contribution in [3.63, 3.8) is 0 Å². The minimum Gasteiger partial charge on any atom is -0.477 e. The van der Waals surface area contributed by atoms with Crippen LogP contribution in [0.5, 0.6) is 0 Å². The average Bonchev–Trinajstić information content (AvgIpc) is 3.09. The Balaban J connectivity index is 2.09. The Morgan fingerprint density at radius 1 is 1.38 bits per heavy atom. The lowest BCUT2D eigenvalue weighted by atomic mass is 9.97. The Morgan fingerprint density at radius 3 is 2.71 bits per heavy atom. The molecule has 0 saturated heterocycles. The van der Waals surface area contributed by atoms with E-state index in [1.54, 1.807) is 18.2 Å². The first-order valence-electron chi connectivity index (χ1n) is 6.76. The molecule has 1 aromatic heterocycles. The van der Waals surface area contributed by atoms with Crippen LogP contribution < -0.4 is 0 Å². The van der Waals surface area contributed by atoms with Crippen molar-refractivity contribution in [1.82, 2.24) is 5.16 Å². The number of hydrogen-bond donors (Lipinski definition) is 1. The third-order valence-electron chi connectivity index (χ3n) is 3.85. The molecular formula is C15H13BrClNO3. The summed E-state index contributed by atoms with van der Waals surface area (Å²) >= 11 is 9.39. The Labute approximate surface area is 135 Å². The molecule has 0 atom stereocenters. The van der Waals surface area contributed by atoms with E-state index in [9.17, 15) is 9.90 Å². The monoisotopic (exact) mass is 369 g/mol. The maximum atomic E-state index is 11.6. The van der Waals surface area contributed by atoms with E-state index in [-0.39, 0.29) is 11.5 Å². The van der Waals surface area contributed by atoms with E-state index >= 15 is 0 Å². The maximum Gasteiger partial charge on any atom is 0.341 e. The van der Waals surface area contributed by atoms with Crippen LogP contribution in [-0.4, -0.2) is 16.2 Å². The summed E-state index contributed by atoms with van der Waals surface area (Å²) in [6, 6.07) is 5.24. The molecule has 4 nitrogen and oxygen atoms in total. The predicted molar refractivity (Wildman–Crippen MR) is 82.8 cm³/mol. The van der Waals surface area contributed by atoms with Crippen LogP contribution in [0.25, 0.3) is 11.3 Å². The molecule has 0 radical (unpaired) electrons. The Kier molecular flexibility index (Phi) is 4.04. The summed E-state index contributed by atoms with van der Waals surface area (Å²) in [6.07, 6.45) is 4.11. The van der Waals surface area contributed by atoms with Crippen LogP contribution >= 0.6 is 27.5 Å². The van der Waals surface area contributed by atoms with Gasteiger partial charge in [-0.15, -0.1) is 0 Å². The summed E-state index contributed by atoms with van der Waals surface area (Å²) in [5, 5.41) is 14.0. The van der Waals surface area contributed by atoms with Gasteiger partial charge in [0.05, 0.1) is 5.02 Å². The van der Waals surface area contributed by atoms with Gasteiger partial charge < -0.3 is 9.63 Å². The quantitative estimate of drug-likeness (QED) is 0.815. The largest absolute Gasteiger partial charge is 0.477 e. The Hall–Kier alpha value is -1.33. The fourth-order valence-corrected chi connectivity index (χ4v) is 3.24. The van der Waals surface area contributed by atoms with E-state index in [2.05, 4.69) is 21.1 Å². The number of nitrogens with zero attached hydrogens (tertiary/aromatic N) is 1. The van der Waals surface area contributed by atoms with Crippen molar-refractivity contribution < 1.29 is 14.4 Å². The van der Waals surface area contributed by atoms with Gasteiger partial charge in [0.2, 0.25) is 0 Å². The van der Waals surface area contributed by atoms with Crippen LogP contribution in [0.2, 0.25) is 5.02 Å². The van der Waals surface area contributed by atoms with E-state index in [1.165, 1.54) is 0 Å². The lowest BCUT2D eigenvalue weighted by molar-refractivity contribution is 0.0694. The Morgan fingerprint density at radius 2 is 2.10 bits per heavy atom. The molecule has 0 bridgehead atoms. The summed E-state index contributed by atoms with van der Waals surface area (Å²) in [5.74, 6) is -0.357. The molecule has 21 heavy (non-hydrogen) atoms. The minimum atomic E-state index is -1.01. The van der Waals surface area contributed by atoms with Gasteiger partial charge in [-0.1, -0.05) is 35.7 Å². The van der Waals surface area contributed by atoms with E-state index < -0.39 is 5.97 Å². The number of hydrogen-bond acceptors (Lipinski definition) is 3. The van der Waals surface area contributed by atoms with Gasteiger partial charge in [-0.05, 0) is 40.9 Å². The predicted octanol–water partition coefficient (Wildman–Crippen LogP) is 5.11. The first-order chi connectivity index (χ1) is 10.1. The number of halogens is 2. The summed E-state index contributed by atoms with van der Waals surface area (Å²) in [4.78, 5) is 11.6. The third kappa shape index (κ3) is 2.72. The fraction of sp³-hybridized carbons (Fsp3) is 0.333. The second-order valence-electron chi connectivity index (χ2n) is 5.19. The molecule has 2 aromatic rings. The van der Waals surface area contributed by atoms with Gasteiger partial charge in [0.1, 0.15) is 11.3 Å². The number of carboxylic acids is 1. The fourth-order valence-electron chi connectivity index (χ4n) is 2.82. The highest BCUT2D eigenvalue weighted by atomic mass is 79.9. The third-order valence-corrected chi connectivity index (χ3v) is 5.08. The summed E-state index contributed by atoms with van der Waals surface area (Å²) in [7, 11) is 0. The first kappa shape index (κ1) is 14.6. The number of carbonyl (C=O) groups is 1. The normalized spacial score (nSPS) is 15.5. The van der Waals surface area contributed by atoms with Crippen LogP contribution in [0.4, 0.5) is 0 Å². The molecule has 1 aliphatic rings. The highest BCUT2D eigenvalue weighted by molar-refractivity contribution is 9.10. The topological polar surface area (TPSA) is 63.3 Å². The van der Waals surface area contributed by atoms with Crippen molar-refractivity contribution in [3.8, 4) is 11.3 Å². The molecule has 1 saturated carbocycles. The zero-order chi connectivity index (χ0) is 15.0. The average molecular weight is 371 g/mol. The molecule has 0 amide bonds. The summed E-state index contributed by atoms with van der Waals surface area (Å²) in [5.41, 5.74) is 1.16. The lowest BCUT2D eigenvalue weighted by Crippen LogP contribution is -2.04. The van der Waals surface area contributed by atoms with Gasteiger partial charge in [0, 0.05) is 16.0 Å². The number of benzene rings is 1. The van der Waals surface area contributed by atoms with Crippen LogP contribution in [0.1, 0.15) is 47.7 Å². The van der Waals surface area contributed by atoms with E-state index in [0.29, 0.717) is 22.0 Å². The lowest BCUT2D eigenvalue weighted by Gasteiger charge is -2.06. The van der Waals surface area contributed by atoms with Crippen LogP contribution in [-0.2, 0) is 0 Å². The van der Waals surface area contributed by atoms with Crippen molar-refractivity contribution in [2.24, 2.45) is 0 Å². The van der Waals surface area contributed by atoms with Crippen molar-refractivity contribution in [2.75, 3.05) is 0 Å². The molecule has 1 fully saturated rings. The van der Waals surface area contributed by atoms with Crippen molar-refractivity contribution in [3.05, 3.63) is 39.0 Å². The molecule has 1 N–H and O–H groups in total. The van der Waals surface area contributed by atoms with Gasteiger partial charge in [0.15, 0.2) is 5.76 Å². The first-order valence-corrected chi connectivity index (χ1v) is 7.93. The van der Waals surface area contributed by atoms with Gasteiger partial charge in [-0.2, -0.15) is 0 Å². The molecule has 0 aliphatic heterocycles. The molecule has 3 rings (SSSR count). The standard InChI is InChI=1S/C15H13BrClNO3/c16-10-6-5-9(7-11(10)17)13-12(15(19)20)14(21-18-13)8-3-1-2-4-8/h5-8H,1-4H2,(H,19,20). The summed E-state index contributed by atoms with van der Waals surface area (Å²) < 4.78 is 6.13. The highest BCUT2D eigenvalue weighted by Gasteiger charge is 2.30. The number of aromatic nitrogens is 1. The van der Waals surface area contributed by atoms with Gasteiger partial charge in [-0.3, -0.25) is 0 Å². The molecule has 0 spiro atoms. The van der Waals surface area contributed by atoms with Gasteiger partial charge in [0.25, 0.3) is 0 Å². The molecular weight excluding hydrogens is 358 g/mol. The second-order valence-corrected chi connectivity index (χ2v) is 6.45. The second kappa shape index (κ2) is 5.81. The maximum absolute atomic E-state index is 11.6. The van der Waals surface area contributed by atoms with Crippen LogP contribution in [0, 0.1) is 0 Å². The molecule has 0 unspecified atom stereocenters. The summed E-state index contributed by atoms with van der Waals surface area (Å²) in [6.45, 7) is 0. The van der Waals surface area contributed by atoms with Gasteiger partial charge >= 0.3 is 5.97 Å². The number of carboxylic acid groups (broad SMARTS) is 1. The number of aromatic carboxylic acids is 1. The highest BCUT2D eigenvalue weighted by Crippen LogP contribution is 2.39. The van der Waals surface area contributed by atoms with Gasteiger partial charge in [-0.25, -0.2) is 4.79 Å². The molecule has 1 heterocycles. The minimum absolute atomic E-state index is 0.156. The Bertz CT molecular complexity index is 692. The van der Waals surface area contributed by atoms with Crippen LogP contribution in [0.3, 0.4) is 0 Å². The molecule has 6 heteroatoms. The zero-order valence-corrected chi connectivity index (χ0v) is 13.4. The van der Waals surface area contributed by atoms with Crippen molar-refractivity contribution in [1.29, 1.82) is 0 Å². The van der Waals surface area contributed by atoms with E-state index in [0.717, 1.165) is 30.2 Å². The molecule has 1 aliphatic carbocycles. The number of rotatable bonds is 3. The smallest absolute Gasteiger partial charge is 0.341 e.